The number of nitrogens with one attached hydrogen (secondary N) is 1. The first-order chi connectivity index (χ1) is 14.7. The lowest BCUT2D eigenvalue weighted by atomic mass is 10.0. The predicted molar refractivity (Wildman–Crippen MR) is 129 cm³/mol. The molecule has 0 spiro atoms. The monoisotopic (exact) mass is 552 g/mol. The van der Waals surface area contributed by atoms with Crippen LogP contribution in [0.3, 0.4) is 0 Å². The zero-order valence-electron chi connectivity index (χ0n) is 17.1. The van der Waals surface area contributed by atoms with E-state index in [1.165, 1.54) is 13.2 Å². The maximum absolute atomic E-state index is 12.7. The van der Waals surface area contributed by atoms with Crippen LogP contribution in [0.5, 0.6) is 11.5 Å². The number of nitrogens with zero attached hydrogens (tertiary/aromatic N) is 1. The minimum absolute atomic E-state index is 0.00597. The molecule has 3 rings (SSSR count). The van der Waals surface area contributed by atoms with Crippen molar-refractivity contribution in [3.8, 4) is 11.5 Å². The summed E-state index contributed by atoms with van der Waals surface area (Å²) in [7, 11) is 1.43. The van der Waals surface area contributed by atoms with Gasteiger partial charge in [0.1, 0.15) is 6.54 Å². The van der Waals surface area contributed by atoms with Gasteiger partial charge in [-0.3, -0.25) is 19.3 Å². The maximum atomic E-state index is 12.7. The number of rotatable bonds is 6. The molecule has 1 aliphatic rings. The Bertz CT molecular complexity index is 1070. The number of imide groups is 1. The number of methoxy groups -OCH3 is 1. The van der Waals surface area contributed by atoms with Gasteiger partial charge in [0.2, 0.25) is 5.91 Å². The largest absolute Gasteiger partial charge is 0.504 e. The number of aromatic hydroxyl groups is 1. The van der Waals surface area contributed by atoms with E-state index in [1.54, 1.807) is 24.3 Å². The molecular formula is C22H21IN2O5S. The summed E-state index contributed by atoms with van der Waals surface area (Å²) in [6.45, 7) is 3.79. The van der Waals surface area contributed by atoms with E-state index in [0.29, 0.717) is 20.7 Å². The van der Waals surface area contributed by atoms with Crippen LogP contribution in [0.2, 0.25) is 0 Å². The topological polar surface area (TPSA) is 95.9 Å². The summed E-state index contributed by atoms with van der Waals surface area (Å²) in [6, 6.07) is 10.7. The lowest BCUT2D eigenvalue weighted by molar-refractivity contribution is -0.127. The highest BCUT2D eigenvalue weighted by Gasteiger charge is 2.36. The second-order valence-electron chi connectivity index (χ2n) is 7.15. The van der Waals surface area contributed by atoms with Gasteiger partial charge in [-0.1, -0.05) is 26.0 Å². The predicted octanol–water partition coefficient (Wildman–Crippen LogP) is 4.80. The lowest BCUT2D eigenvalue weighted by Gasteiger charge is -2.13. The molecule has 31 heavy (non-hydrogen) atoms. The number of hydrogen-bond acceptors (Lipinski definition) is 6. The van der Waals surface area contributed by atoms with Gasteiger partial charge in [-0.15, -0.1) is 0 Å². The SMILES string of the molecule is COc1cc(/C=C2/SC(=O)N(CC(=O)Nc3ccc(C(C)C)cc3)C2=O)cc(I)c1O. The number of benzene rings is 2. The first-order valence-corrected chi connectivity index (χ1v) is 11.3. The quantitative estimate of drug-likeness (QED) is 0.395. The minimum atomic E-state index is -0.539. The average molecular weight is 552 g/mol. The molecule has 0 aliphatic carbocycles. The molecule has 1 aliphatic heterocycles. The first kappa shape index (κ1) is 23.1. The van der Waals surface area contributed by atoms with E-state index in [2.05, 4.69) is 19.2 Å². The average Bonchev–Trinajstić information content (AvgIpc) is 2.98. The van der Waals surface area contributed by atoms with Crippen LogP contribution < -0.4 is 10.1 Å². The molecule has 3 amide bonds. The van der Waals surface area contributed by atoms with E-state index in [1.807, 2.05) is 34.7 Å². The number of phenolic OH excluding ortho intramolecular Hbond substituents is 1. The second-order valence-corrected chi connectivity index (χ2v) is 9.30. The summed E-state index contributed by atoms with van der Waals surface area (Å²) in [5.41, 5.74) is 2.34. The molecular weight excluding hydrogens is 531 g/mol. The van der Waals surface area contributed by atoms with Crippen molar-refractivity contribution in [3.05, 3.63) is 56.0 Å². The Morgan fingerprint density at radius 3 is 2.55 bits per heavy atom. The Kier molecular flexibility index (Phi) is 7.26. The molecule has 7 nitrogen and oxygen atoms in total. The highest BCUT2D eigenvalue weighted by molar-refractivity contribution is 14.1. The number of anilines is 1. The molecule has 0 saturated carbocycles. The van der Waals surface area contributed by atoms with Gasteiger partial charge in [0.15, 0.2) is 11.5 Å². The Morgan fingerprint density at radius 1 is 1.26 bits per heavy atom. The maximum Gasteiger partial charge on any atom is 0.294 e. The van der Waals surface area contributed by atoms with Gasteiger partial charge >= 0.3 is 0 Å². The number of amides is 3. The molecule has 162 valence electrons. The first-order valence-electron chi connectivity index (χ1n) is 9.41. The minimum Gasteiger partial charge on any atom is -0.504 e. The van der Waals surface area contributed by atoms with Gasteiger partial charge < -0.3 is 15.2 Å². The molecule has 0 atom stereocenters. The van der Waals surface area contributed by atoms with Crippen LogP contribution in [-0.2, 0) is 9.59 Å². The van der Waals surface area contributed by atoms with Crippen molar-refractivity contribution in [1.29, 1.82) is 0 Å². The molecule has 1 heterocycles. The molecule has 0 aromatic heterocycles. The summed E-state index contributed by atoms with van der Waals surface area (Å²) >= 11 is 2.72. The van der Waals surface area contributed by atoms with E-state index >= 15 is 0 Å². The van der Waals surface area contributed by atoms with Crippen molar-refractivity contribution >= 4 is 63.2 Å². The van der Waals surface area contributed by atoms with Crippen molar-refractivity contribution in [2.75, 3.05) is 19.0 Å². The van der Waals surface area contributed by atoms with Gasteiger partial charge in [0, 0.05) is 5.69 Å². The number of thioether (sulfide) groups is 1. The Hall–Kier alpha value is -2.53. The molecule has 0 radical (unpaired) electrons. The van der Waals surface area contributed by atoms with E-state index in [-0.39, 0.29) is 22.9 Å². The third-order valence-corrected chi connectivity index (χ3v) is 6.33. The van der Waals surface area contributed by atoms with Crippen LogP contribution in [0.1, 0.15) is 30.9 Å². The van der Waals surface area contributed by atoms with E-state index in [9.17, 15) is 19.5 Å². The summed E-state index contributed by atoms with van der Waals surface area (Å²) in [6.07, 6.45) is 1.54. The number of halogens is 1. The van der Waals surface area contributed by atoms with Crippen LogP contribution in [0.15, 0.2) is 41.3 Å². The van der Waals surface area contributed by atoms with E-state index in [0.717, 1.165) is 22.2 Å². The smallest absolute Gasteiger partial charge is 0.294 e. The summed E-state index contributed by atoms with van der Waals surface area (Å²) in [4.78, 5) is 38.5. The normalized spacial score (nSPS) is 15.1. The second kappa shape index (κ2) is 9.73. The number of ether oxygens (including phenoxy) is 1. The van der Waals surface area contributed by atoms with Crippen LogP contribution in [0.4, 0.5) is 10.5 Å². The van der Waals surface area contributed by atoms with E-state index in [4.69, 9.17) is 4.74 Å². The van der Waals surface area contributed by atoms with E-state index < -0.39 is 17.1 Å². The summed E-state index contributed by atoms with van der Waals surface area (Å²) < 4.78 is 5.67. The van der Waals surface area contributed by atoms with Crippen molar-refractivity contribution in [2.24, 2.45) is 0 Å². The fraction of sp³-hybridized carbons (Fsp3) is 0.227. The molecule has 9 heteroatoms. The highest BCUT2D eigenvalue weighted by Crippen LogP contribution is 2.36. The molecule has 0 unspecified atom stereocenters. The van der Waals surface area contributed by atoms with Crippen LogP contribution in [0.25, 0.3) is 6.08 Å². The molecule has 1 saturated heterocycles. The molecule has 2 aromatic carbocycles. The highest BCUT2D eigenvalue weighted by atomic mass is 127. The lowest BCUT2D eigenvalue weighted by Crippen LogP contribution is -2.36. The zero-order valence-corrected chi connectivity index (χ0v) is 20.1. The molecule has 2 N–H and O–H groups in total. The number of carbonyl (C=O) groups is 3. The zero-order chi connectivity index (χ0) is 22.7. The van der Waals surface area contributed by atoms with Crippen molar-refractivity contribution in [2.45, 2.75) is 19.8 Å². The van der Waals surface area contributed by atoms with Crippen LogP contribution in [-0.4, -0.2) is 40.7 Å². The number of carbonyl (C=O) groups excluding carboxylic acids is 3. The van der Waals surface area contributed by atoms with Gasteiger partial charge in [-0.2, -0.15) is 0 Å². The Morgan fingerprint density at radius 2 is 1.94 bits per heavy atom. The Labute approximate surface area is 198 Å². The van der Waals surface area contributed by atoms with Gasteiger partial charge in [-0.05, 0) is 81.7 Å². The Balaban J connectivity index is 1.71. The van der Waals surface area contributed by atoms with Crippen molar-refractivity contribution in [1.82, 2.24) is 4.90 Å². The van der Waals surface area contributed by atoms with Gasteiger partial charge in [0.25, 0.3) is 11.1 Å². The number of hydrogen-bond donors (Lipinski definition) is 2. The molecule has 0 bridgehead atoms. The van der Waals surface area contributed by atoms with Crippen molar-refractivity contribution < 1.29 is 24.2 Å². The standard InChI is InChI=1S/C22H21IN2O5S/c1-12(2)14-4-6-15(7-5-14)24-19(26)11-25-21(28)18(31-22(25)29)10-13-8-16(23)20(27)17(9-13)30-3/h4-10,12,27H,11H2,1-3H3,(H,24,26)/b18-10+. The summed E-state index contributed by atoms with van der Waals surface area (Å²) in [5.74, 6) is -0.348. The van der Waals surface area contributed by atoms with Gasteiger partial charge in [-0.25, -0.2) is 0 Å². The van der Waals surface area contributed by atoms with Gasteiger partial charge in [0.05, 0.1) is 15.6 Å². The van der Waals surface area contributed by atoms with Crippen LogP contribution >= 0.6 is 34.4 Å². The summed E-state index contributed by atoms with van der Waals surface area (Å²) in [5, 5.41) is 12.1. The third kappa shape index (κ3) is 5.40. The third-order valence-electron chi connectivity index (χ3n) is 4.60. The fourth-order valence-corrected chi connectivity index (χ4v) is 4.38. The number of phenols is 1. The molecule has 1 fully saturated rings. The fourth-order valence-electron chi connectivity index (χ4n) is 2.92. The van der Waals surface area contributed by atoms with Crippen molar-refractivity contribution in [3.63, 3.8) is 0 Å². The molecule has 2 aromatic rings. The van der Waals surface area contributed by atoms with Crippen LogP contribution in [0, 0.1) is 3.57 Å².